The van der Waals surface area contributed by atoms with Gasteiger partial charge in [-0.15, -0.1) is 0 Å². The van der Waals surface area contributed by atoms with Crippen molar-refractivity contribution in [3.8, 4) is 5.75 Å². The molecule has 1 unspecified atom stereocenters. The van der Waals surface area contributed by atoms with Crippen molar-refractivity contribution >= 4 is 5.97 Å². The van der Waals surface area contributed by atoms with Crippen LogP contribution in [0.25, 0.3) is 0 Å². The van der Waals surface area contributed by atoms with Crippen LogP contribution in [0, 0.1) is 0 Å². The second-order valence-electron chi connectivity index (χ2n) is 4.11. The lowest BCUT2D eigenvalue weighted by Gasteiger charge is -2.11. The topological polar surface area (TPSA) is 47.6 Å². The first-order valence-electron chi connectivity index (χ1n) is 5.74. The Labute approximate surface area is 101 Å². The zero-order valence-electron chi connectivity index (χ0n) is 10.2. The number of ether oxygens (including phenoxy) is 2. The Kier molecular flexibility index (Phi) is 3.64. The van der Waals surface area contributed by atoms with E-state index in [4.69, 9.17) is 4.74 Å². The predicted molar refractivity (Wildman–Crippen MR) is 64.1 cm³/mol. The molecule has 0 aliphatic heterocycles. The molecule has 0 fully saturated rings. The molecular formula is C13H17NO3. The molecule has 1 aliphatic rings. The van der Waals surface area contributed by atoms with Gasteiger partial charge >= 0.3 is 5.97 Å². The van der Waals surface area contributed by atoms with Crippen molar-refractivity contribution in [2.45, 2.75) is 18.9 Å². The number of aryl methyl sites for hydroxylation is 1. The van der Waals surface area contributed by atoms with Crippen LogP contribution >= 0.6 is 0 Å². The van der Waals surface area contributed by atoms with E-state index in [1.807, 2.05) is 19.2 Å². The van der Waals surface area contributed by atoms with Crippen LogP contribution in [0.1, 0.15) is 23.6 Å². The van der Waals surface area contributed by atoms with Crippen LogP contribution in [-0.2, 0) is 16.0 Å². The lowest BCUT2D eigenvalue weighted by molar-refractivity contribution is -0.142. The van der Waals surface area contributed by atoms with Gasteiger partial charge in [0.25, 0.3) is 0 Å². The maximum Gasteiger partial charge on any atom is 0.343 e. The van der Waals surface area contributed by atoms with E-state index in [0.29, 0.717) is 6.04 Å². The van der Waals surface area contributed by atoms with Gasteiger partial charge in [0.1, 0.15) is 5.75 Å². The van der Waals surface area contributed by atoms with Gasteiger partial charge in [0.2, 0.25) is 0 Å². The molecule has 0 heterocycles. The number of fused-ring (bicyclic) bond motifs is 1. The highest BCUT2D eigenvalue weighted by Gasteiger charge is 2.21. The van der Waals surface area contributed by atoms with Gasteiger partial charge < -0.3 is 14.8 Å². The average molecular weight is 235 g/mol. The molecule has 0 spiro atoms. The highest BCUT2D eigenvalue weighted by molar-refractivity contribution is 5.70. The summed E-state index contributed by atoms with van der Waals surface area (Å²) in [5.74, 6) is 0.365. The SMILES string of the molecule is CNC1CCc2cc(OCC(=O)OC)ccc21. The first-order chi connectivity index (χ1) is 8.24. The third-order valence-corrected chi connectivity index (χ3v) is 3.13. The summed E-state index contributed by atoms with van der Waals surface area (Å²) in [7, 11) is 3.33. The number of methoxy groups -OCH3 is 1. The summed E-state index contributed by atoms with van der Waals surface area (Å²) in [4.78, 5) is 11.0. The lowest BCUT2D eigenvalue weighted by atomic mass is 10.1. The maximum atomic E-state index is 11.0. The van der Waals surface area contributed by atoms with Crippen molar-refractivity contribution in [3.63, 3.8) is 0 Å². The quantitative estimate of drug-likeness (QED) is 0.802. The molecule has 92 valence electrons. The largest absolute Gasteiger partial charge is 0.482 e. The van der Waals surface area contributed by atoms with Crippen molar-refractivity contribution < 1.29 is 14.3 Å². The van der Waals surface area contributed by atoms with Gasteiger partial charge in [0, 0.05) is 6.04 Å². The Balaban J connectivity index is 2.05. The Hall–Kier alpha value is -1.55. The number of hydrogen-bond acceptors (Lipinski definition) is 4. The predicted octanol–water partition coefficient (Wildman–Crippen LogP) is 1.45. The molecule has 0 saturated heterocycles. The van der Waals surface area contributed by atoms with Crippen molar-refractivity contribution in [1.82, 2.24) is 5.32 Å². The number of carbonyl (C=O) groups excluding carboxylic acids is 1. The lowest BCUT2D eigenvalue weighted by Crippen LogP contribution is -2.13. The molecule has 0 radical (unpaired) electrons. The standard InChI is InChI=1S/C13H17NO3/c1-14-12-6-3-9-7-10(4-5-11(9)12)17-8-13(15)16-2/h4-5,7,12,14H,3,6,8H2,1-2H3. The summed E-state index contributed by atoms with van der Waals surface area (Å²) in [6.45, 7) is -0.0370. The monoisotopic (exact) mass is 235 g/mol. The molecule has 4 heteroatoms. The van der Waals surface area contributed by atoms with Crippen LogP contribution in [0.4, 0.5) is 0 Å². The van der Waals surface area contributed by atoms with E-state index in [9.17, 15) is 4.79 Å². The van der Waals surface area contributed by atoms with Crippen LogP contribution in [0.5, 0.6) is 5.75 Å². The first-order valence-corrected chi connectivity index (χ1v) is 5.74. The van der Waals surface area contributed by atoms with E-state index >= 15 is 0 Å². The molecule has 0 amide bonds. The second kappa shape index (κ2) is 5.19. The Morgan fingerprint density at radius 3 is 3.06 bits per heavy atom. The van der Waals surface area contributed by atoms with Crippen LogP contribution in [0.2, 0.25) is 0 Å². The molecule has 1 aromatic rings. The van der Waals surface area contributed by atoms with Crippen molar-refractivity contribution in [1.29, 1.82) is 0 Å². The molecule has 4 nitrogen and oxygen atoms in total. The number of carbonyl (C=O) groups is 1. The third kappa shape index (κ3) is 2.58. The van der Waals surface area contributed by atoms with Crippen molar-refractivity contribution in [3.05, 3.63) is 29.3 Å². The fourth-order valence-electron chi connectivity index (χ4n) is 2.18. The van der Waals surface area contributed by atoms with Crippen molar-refractivity contribution in [2.75, 3.05) is 20.8 Å². The minimum atomic E-state index is -0.362. The Morgan fingerprint density at radius 2 is 2.35 bits per heavy atom. The van der Waals surface area contributed by atoms with Crippen LogP contribution in [-0.4, -0.2) is 26.7 Å². The summed E-state index contributed by atoms with van der Waals surface area (Å²) >= 11 is 0. The first kappa shape index (κ1) is 11.9. The summed E-state index contributed by atoms with van der Waals surface area (Å²) < 4.78 is 9.88. The van der Waals surface area contributed by atoms with Gasteiger partial charge in [0.15, 0.2) is 6.61 Å². The highest BCUT2D eigenvalue weighted by Crippen LogP contribution is 2.33. The smallest absolute Gasteiger partial charge is 0.343 e. The fraction of sp³-hybridized carbons (Fsp3) is 0.462. The molecule has 1 N–H and O–H groups in total. The fourth-order valence-corrected chi connectivity index (χ4v) is 2.18. The van der Waals surface area contributed by atoms with Gasteiger partial charge in [-0.05, 0) is 43.1 Å². The van der Waals surface area contributed by atoms with Gasteiger partial charge in [-0.25, -0.2) is 4.79 Å². The molecule has 1 aliphatic carbocycles. The van der Waals surface area contributed by atoms with Gasteiger partial charge in [-0.1, -0.05) is 6.07 Å². The third-order valence-electron chi connectivity index (χ3n) is 3.13. The van der Waals surface area contributed by atoms with Gasteiger partial charge in [0.05, 0.1) is 7.11 Å². The maximum absolute atomic E-state index is 11.0. The minimum Gasteiger partial charge on any atom is -0.482 e. The van der Waals surface area contributed by atoms with Crippen LogP contribution in [0.3, 0.4) is 0 Å². The molecule has 2 rings (SSSR count). The van der Waals surface area contributed by atoms with Crippen molar-refractivity contribution in [2.24, 2.45) is 0 Å². The van der Waals surface area contributed by atoms with E-state index in [0.717, 1.165) is 18.6 Å². The van der Waals surface area contributed by atoms with E-state index in [2.05, 4.69) is 16.1 Å². The number of hydrogen-bond donors (Lipinski definition) is 1. The van der Waals surface area contributed by atoms with Gasteiger partial charge in [-0.2, -0.15) is 0 Å². The zero-order valence-corrected chi connectivity index (χ0v) is 10.2. The number of esters is 1. The number of benzene rings is 1. The molecule has 0 bridgehead atoms. The van der Waals surface area contributed by atoms with Crippen LogP contribution in [0.15, 0.2) is 18.2 Å². The van der Waals surface area contributed by atoms with Crippen LogP contribution < -0.4 is 10.1 Å². The van der Waals surface area contributed by atoms with E-state index < -0.39 is 0 Å². The number of nitrogens with one attached hydrogen (secondary N) is 1. The Bertz CT molecular complexity index is 417. The minimum absolute atomic E-state index is 0.0370. The normalized spacial score (nSPS) is 17.6. The number of rotatable bonds is 4. The summed E-state index contributed by atoms with van der Waals surface area (Å²) in [5, 5.41) is 3.28. The molecule has 1 atom stereocenters. The summed E-state index contributed by atoms with van der Waals surface area (Å²) in [6, 6.07) is 6.42. The van der Waals surface area contributed by atoms with E-state index in [1.165, 1.54) is 18.2 Å². The second-order valence-corrected chi connectivity index (χ2v) is 4.11. The molecular weight excluding hydrogens is 218 g/mol. The molecule has 17 heavy (non-hydrogen) atoms. The zero-order chi connectivity index (χ0) is 12.3. The Morgan fingerprint density at radius 1 is 1.53 bits per heavy atom. The molecule has 1 aromatic carbocycles. The van der Waals surface area contributed by atoms with E-state index in [-0.39, 0.29) is 12.6 Å². The van der Waals surface area contributed by atoms with E-state index in [1.54, 1.807) is 0 Å². The highest BCUT2D eigenvalue weighted by atomic mass is 16.6. The summed E-state index contributed by atoms with van der Waals surface area (Å²) in [6.07, 6.45) is 2.17. The average Bonchev–Trinajstić information content (AvgIpc) is 2.78. The molecule has 0 saturated carbocycles. The summed E-state index contributed by atoms with van der Waals surface area (Å²) in [5.41, 5.74) is 2.63. The molecule has 0 aromatic heterocycles. The van der Waals surface area contributed by atoms with Gasteiger partial charge in [-0.3, -0.25) is 0 Å².